The molecule has 1 rings (SSSR count). The summed E-state index contributed by atoms with van der Waals surface area (Å²) in [4.78, 5) is 10.2. The molecule has 0 bridgehead atoms. The maximum absolute atomic E-state index is 10.2. The Morgan fingerprint density at radius 1 is 1.67 bits per heavy atom. The van der Waals surface area contributed by atoms with Crippen molar-refractivity contribution in [1.82, 2.24) is 0 Å². The summed E-state index contributed by atoms with van der Waals surface area (Å²) < 4.78 is 0. The standard InChI is InChI=1S/C4H7OP/c5-4(6)3-1-2-3/h3H,1-2,6H2. The lowest BCUT2D eigenvalue weighted by Gasteiger charge is -1.75. The van der Waals surface area contributed by atoms with E-state index in [2.05, 4.69) is 9.24 Å². The predicted octanol–water partition coefficient (Wildman–Crippen LogP) is 0.798. The first kappa shape index (κ1) is 4.26. The van der Waals surface area contributed by atoms with Gasteiger partial charge in [0.05, 0.1) is 0 Å². The molecular formula is C4H7OP. The summed E-state index contributed by atoms with van der Waals surface area (Å²) in [7, 11) is 2.20. The van der Waals surface area contributed by atoms with Crippen LogP contribution in [0.5, 0.6) is 0 Å². The minimum Gasteiger partial charge on any atom is -0.295 e. The molecule has 1 atom stereocenters. The monoisotopic (exact) mass is 102 g/mol. The Bertz CT molecular complexity index is 75.6. The average molecular weight is 102 g/mol. The first-order chi connectivity index (χ1) is 2.80. The smallest absolute Gasteiger partial charge is 0.151 e. The molecule has 0 saturated heterocycles. The predicted molar refractivity (Wildman–Crippen MR) is 27.4 cm³/mol. The molecule has 0 heterocycles. The van der Waals surface area contributed by atoms with Crippen LogP contribution in [0.15, 0.2) is 0 Å². The highest BCUT2D eigenvalue weighted by Crippen LogP contribution is 2.31. The minimum absolute atomic E-state index is 0.287. The van der Waals surface area contributed by atoms with Crippen molar-refractivity contribution in [3.8, 4) is 0 Å². The van der Waals surface area contributed by atoms with E-state index in [1.54, 1.807) is 0 Å². The highest BCUT2D eigenvalue weighted by atomic mass is 31.0. The molecule has 0 amide bonds. The lowest BCUT2D eigenvalue weighted by molar-refractivity contribution is -0.112. The number of carbonyl (C=O) groups excluding carboxylic acids is 1. The van der Waals surface area contributed by atoms with Crippen molar-refractivity contribution >= 4 is 14.8 Å². The first-order valence-electron chi connectivity index (χ1n) is 2.10. The molecule has 6 heavy (non-hydrogen) atoms. The summed E-state index contributed by atoms with van der Waals surface area (Å²) in [5.41, 5.74) is 0.287. The zero-order valence-corrected chi connectivity index (χ0v) is 4.63. The van der Waals surface area contributed by atoms with E-state index in [1.165, 1.54) is 0 Å². The van der Waals surface area contributed by atoms with E-state index in [9.17, 15) is 4.79 Å². The van der Waals surface area contributed by atoms with Gasteiger partial charge in [0.1, 0.15) is 0 Å². The fourth-order valence-electron chi connectivity index (χ4n) is 0.368. The molecule has 2 heteroatoms. The fraction of sp³-hybridized carbons (Fsp3) is 0.750. The molecule has 34 valence electrons. The molecule has 0 N–H and O–H groups in total. The molecule has 1 saturated carbocycles. The Kier molecular flexibility index (Phi) is 0.929. The normalized spacial score (nSPS) is 20.8. The van der Waals surface area contributed by atoms with Crippen LogP contribution in [0.1, 0.15) is 12.8 Å². The Morgan fingerprint density at radius 3 is 2.17 bits per heavy atom. The molecule has 0 aromatic heterocycles. The molecule has 0 aromatic carbocycles. The van der Waals surface area contributed by atoms with Gasteiger partial charge in [-0.1, -0.05) is 9.24 Å². The van der Waals surface area contributed by atoms with Crippen LogP contribution in [0.25, 0.3) is 0 Å². The van der Waals surface area contributed by atoms with Gasteiger partial charge in [-0.2, -0.15) is 0 Å². The van der Waals surface area contributed by atoms with Crippen LogP contribution < -0.4 is 0 Å². The molecule has 0 aromatic rings. The van der Waals surface area contributed by atoms with Crippen LogP contribution in [0.2, 0.25) is 0 Å². The molecule has 1 nitrogen and oxygen atoms in total. The lowest BCUT2D eigenvalue weighted by Crippen LogP contribution is -1.82. The van der Waals surface area contributed by atoms with Crippen molar-refractivity contribution in [2.75, 3.05) is 0 Å². The quantitative estimate of drug-likeness (QED) is 0.447. The maximum Gasteiger partial charge on any atom is 0.151 e. The molecule has 0 spiro atoms. The first-order valence-corrected chi connectivity index (χ1v) is 2.68. The van der Waals surface area contributed by atoms with Gasteiger partial charge in [0.2, 0.25) is 0 Å². The van der Waals surface area contributed by atoms with Crippen LogP contribution in [0.4, 0.5) is 0 Å². The third-order valence-corrected chi connectivity index (χ3v) is 1.45. The van der Waals surface area contributed by atoms with E-state index in [1.807, 2.05) is 0 Å². The molecule has 1 fully saturated rings. The summed E-state index contributed by atoms with van der Waals surface area (Å²) >= 11 is 0. The third-order valence-electron chi connectivity index (χ3n) is 0.980. The van der Waals surface area contributed by atoms with Crippen LogP contribution >= 0.6 is 9.24 Å². The van der Waals surface area contributed by atoms with Crippen molar-refractivity contribution < 1.29 is 4.79 Å². The summed E-state index contributed by atoms with van der Waals surface area (Å²) in [5, 5.41) is 0. The topological polar surface area (TPSA) is 17.1 Å². The average Bonchev–Trinajstić information content (AvgIpc) is 2.06. The van der Waals surface area contributed by atoms with Crippen molar-refractivity contribution in [1.29, 1.82) is 0 Å². The van der Waals surface area contributed by atoms with E-state index in [0.717, 1.165) is 12.8 Å². The highest BCUT2D eigenvalue weighted by Gasteiger charge is 2.25. The Hall–Kier alpha value is 0.100. The number of rotatable bonds is 1. The summed E-state index contributed by atoms with van der Waals surface area (Å²) in [6.07, 6.45) is 2.25. The Labute approximate surface area is 39.3 Å². The molecule has 0 radical (unpaired) electrons. The van der Waals surface area contributed by atoms with Crippen LogP contribution in [-0.4, -0.2) is 5.52 Å². The molecular weight excluding hydrogens is 95.0 g/mol. The summed E-state index contributed by atoms with van der Waals surface area (Å²) in [5.74, 6) is 0.426. The van der Waals surface area contributed by atoms with E-state index < -0.39 is 0 Å². The fourth-order valence-corrected chi connectivity index (χ4v) is 0.701. The van der Waals surface area contributed by atoms with Gasteiger partial charge in [0, 0.05) is 5.92 Å². The zero-order chi connectivity index (χ0) is 4.57. The van der Waals surface area contributed by atoms with Crippen LogP contribution in [-0.2, 0) is 4.79 Å². The Morgan fingerprint density at radius 2 is 2.17 bits per heavy atom. The van der Waals surface area contributed by atoms with Crippen LogP contribution in [0, 0.1) is 5.92 Å². The van der Waals surface area contributed by atoms with Crippen molar-refractivity contribution in [3.63, 3.8) is 0 Å². The van der Waals surface area contributed by atoms with Gasteiger partial charge in [-0.3, -0.25) is 4.79 Å². The summed E-state index contributed by atoms with van der Waals surface area (Å²) in [6, 6.07) is 0. The van der Waals surface area contributed by atoms with Crippen molar-refractivity contribution in [2.45, 2.75) is 12.8 Å². The van der Waals surface area contributed by atoms with E-state index in [0.29, 0.717) is 5.92 Å². The van der Waals surface area contributed by atoms with Gasteiger partial charge >= 0.3 is 0 Å². The molecule has 1 aliphatic carbocycles. The van der Waals surface area contributed by atoms with E-state index in [-0.39, 0.29) is 5.52 Å². The largest absolute Gasteiger partial charge is 0.295 e. The van der Waals surface area contributed by atoms with Gasteiger partial charge in [-0.05, 0) is 12.8 Å². The molecule has 1 unspecified atom stereocenters. The van der Waals surface area contributed by atoms with Gasteiger partial charge in [0.15, 0.2) is 5.52 Å². The minimum atomic E-state index is 0.287. The van der Waals surface area contributed by atoms with Gasteiger partial charge in [-0.15, -0.1) is 0 Å². The second-order valence-electron chi connectivity index (χ2n) is 1.68. The van der Waals surface area contributed by atoms with Gasteiger partial charge < -0.3 is 0 Å². The number of hydrogen-bond donors (Lipinski definition) is 0. The van der Waals surface area contributed by atoms with E-state index in [4.69, 9.17) is 0 Å². The molecule has 1 aliphatic rings. The van der Waals surface area contributed by atoms with Gasteiger partial charge in [-0.25, -0.2) is 0 Å². The second kappa shape index (κ2) is 1.31. The van der Waals surface area contributed by atoms with Crippen molar-refractivity contribution in [2.24, 2.45) is 5.92 Å². The second-order valence-corrected chi connectivity index (χ2v) is 2.25. The maximum atomic E-state index is 10.2. The summed E-state index contributed by atoms with van der Waals surface area (Å²) in [6.45, 7) is 0. The number of carbonyl (C=O) groups is 1. The SMILES string of the molecule is O=C(P)C1CC1. The van der Waals surface area contributed by atoms with Gasteiger partial charge in [0.25, 0.3) is 0 Å². The molecule has 0 aliphatic heterocycles. The highest BCUT2D eigenvalue weighted by molar-refractivity contribution is 7.40. The van der Waals surface area contributed by atoms with E-state index >= 15 is 0 Å². The zero-order valence-electron chi connectivity index (χ0n) is 3.48. The third kappa shape index (κ3) is 0.782. The Balaban J connectivity index is 2.31. The van der Waals surface area contributed by atoms with Crippen LogP contribution in [0.3, 0.4) is 0 Å². The number of hydrogen-bond acceptors (Lipinski definition) is 1. The lowest BCUT2D eigenvalue weighted by atomic mass is 10.5. The van der Waals surface area contributed by atoms with Crippen molar-refractivity contribution in [3.05, 3.63) is 0 Å².